The summed E-state index contributed by atoms with van der Waals surface area (Å²) in [6, 6.07) is 2.85. The minimum Gasteiger partial charge on any atom is -0.342 e. The number of rotatable bonds is 2. The molecule has 1 aromatic rings. The number of nitrogens with zero attached hydrogens (tertiary/aromatic N) is 6. The molecule has 3 atom stereocenters. The SMILES string of the molecule is CN(C)C1CCC2CN(C3=NCCN3c3ccn(C)n3)CC2C1. The van der Waals surface area contributed by atoms with Crippen molar-refractivity contribution >= 4 is 11.8 Å². The third-order valence-electron chi connectivity index (χ3n) is 5.83. The quantitative estimate of drug-likeness (QED) is 0.823. The average molecular weight is 316 g/mol. The molecule has 3 heterocycles. The topological polar surface area (TPSA) is 39.9 Å². The van der Waals surface area contributed by atoms with Crippen LogP contribution in [0.2, 0.25) is 0 Å². The molecule has 3 unspecified atom stereocenters. The largest absolute Gasteiger partial charge is 0.342 e. The Hall–Kier alpha value is -1.56. The predicted molar refractivity (Wildman–Crippen MR) is 92.7 cm³/mol. The maximum Gasteiger partial charge on any atom is 0.202 e. The maximum atomic E-state index is 4.81. The van der Waals surface area contributed by atoms with Gasteiger partial charge in [0.1, 0.15) is 0 Å². The zero-order chi connectivity index (χ0) is 16.0. The van der Waals surface area contributed by atoms with Gasteiger partial charge >= 0.3 is 0 Å². The number of anilines is 1. The summed E-state index contributed by atoms with van der Waals surface area (Å²) < 4.78 is 1.87. The van der Waals surface area contributed by atoms with Crippen LogP contribution in [0, 0.1) is 11.8 Å². The van der Waals surface area contributed by atoms with Crippen LogP contribution in [-0.4, -0.2) is 71.9 Å². The van der Waals surface area contributed by atoms with E-state index in [-0.39, 0.29) is 0 Å². The number of guanidine groups is 1. The third-order valence-corrected chi connectivity index (χ3v) is 5.83. The Labute approximate surface area is 138 Å². The number of fused-ring (bicyclic) bond motifs is 1. The van der Waals surface area contributed by atoms with E-state index in [9.17, 15) is 0 Å². The Kier molecular flexibility index (Phi) is 3.79. The van der Waals surface area contributed by atoms with E-state index in [0.29, 0.717) is 0 Å². The van der Waals surface area contributed by atoms with Gasteiger partial charge in [-0.2, -0.15) is 5.10 Å². The van der Waals surface area contributed by atoms with Crippen molar-refractivity contribution in [2.24, 2.45) is 23.9 Å². The highest BCUT2D eigenvalue weighted by atomic mass is 15.5. The van der Waals surface area contributed by atoms with Gasteiger partial charge in [-0.05, 0) is 45.2 Å². The molecule has 2 fully saturated rings. The van der Waals surface area contributed by atoms with Crippen LogP contribution < -0.4 is 4.90 Å². The lowest BCUT2D eigenvalue weighted by molar-refractivity contribution is 0.162. The van der Waals surface area contributed by atoms with Crippen LogP contribution in [0.1, 0.15) is 19.3 Å². The van der Waals surface area contributed by atoms with Gasteiger partial charge in [-0.3, -0.25) is 14.6 Å². The smallest absolute Gasteiger partial charge is 0.202 e. The van der Waals surface area contributed by atoms with Gasteiger partial charge in [-0.25, -0.2) is 0 Å². The lowest BCUT2D eigenvalue weighted by Gasteiger charge is -2.34. The summed E-state index contributed by atoms with van der Waals surface area (Å²) in [4.78, 5) is 12.0. The molecule has 2 aliphatic heterocycles. The van der Waals surface area contributed by atoms with Crippen molar-refractivity contribution in [1.82, 2.24) is 19.6 Å². The van der Waals surface area contributed by atoms with E-state index in [1.807, 2.05) is 17.9 Å². The molecule has 126 valence electrons. The van der Waals surface area contributed by atoms with E-state index in [0.717, 1.165) is 49.3 Å². The Morgan fingerprint density at radius 1 is 1.17 bits per heavy atom. The lowest BCUT2D eigenvalue weighted by Crippen LogP contribution is -2.41. The van der Waals surface area contributed by atoms with Crippen LogP contribution in [0.5, 0.6) is 0 Å². The predicted octanol–water partition coefficient (Wildman–Crippen LogP) is 1.26. The van der Waals surface area contributed by atoms with Gasteiger partial charge < -0.3 is 9.80 Å². The van der Waals surface area contributed by atoms with Crippen molar-refractivity contribution in [2.75, 3.05) is 45.2 Å². The standard InChI is InChI=1S/C17H28N6/c1-20(2)15-5-4-13-11-22(12-14(13)10-15)17-18-7-9-23(17)16-6-8-21(3)19-16/h6,8,13-15H,4-5,7,9-12H2,1-3H3. The first-order valence-corrected chi connectivity index (χ1v) is 8.85. The van der Waals surface area contributed by atoms with Gasteiger partial charge in [0.25, 0.3) is 0 Å². The first-order valence-electron chi connectivity index (χ1n) is 8.85. The molecule has 0 spiro atoms. The maximum absolute atomic E-state index is 4.81. The first-order chi connectivity index (χ1) is 11.1. The second-order valence-electron chi connectivity index (χ2n) is 7.54. The summed E-state index contributed by atoms with van der Waals surface area (Å²) in [5.74, 6) is 3.86. The third kappa shape index (κ3) is 2.73. The average Bonchev–Trinajstić information content (AvgIpc) is 3.23. The van der Waals surface area contributed by atoms with Gasteiger partial charge in [0.2, 0.25) is 5.96 Å². The summed E-state index contributed by atoms with van der Waals surface area (Å²) in [7, 11) is 6.42. The molecule has 0 amide bonds. The van der Waals surface area contributed by atoms with Crippen molar-refractivity contribution < 1.29 is 0 Å². The normalized spacial score (nSPS) is 31.0. The molecule has 6 heteroatoms. The number of aromatic nitrogens is 2. The number of likely N-dealkylation sites (tertiary alicyclic amines) is 1. The van der Waals surface area contributed by atoms with E-state index in [4.69, 9.17) is 4.99 Å². The second kappa shape index (κ2) is 5.82. The minimum atomic E-state index is 0.758. The summed E-state index contributed by atoms with van der Waals surface area (Å²) in [5.41, 5.74) is 0. The molecule has 1 aliphatic carbocycles. The molecule has 3 aliphatic rings. The van der Waals surface area contributed by atoms with Crippen LogP contribution in [0.4, 0.5) is 5.82 Å². The highest BCUT2D eigenvalue weighted by molar-refractivity contribution is 5.97. The highest BCUT2D eigenvalue weighted by Gasteiger charge is 2.41. The van der Waals surface area contributed by atoms with Gasteiger partial charge in [0.05, 0.1) is 6.54 Å². The van der Waals surface area contributed by atoms with Crippen molar-refractivity contribution in [3.8, 4) is 0 Å². The Morgan fingerprint density at radius 2 is 2.00 bits per heavy atom. The van der Waals surface area contributed by atoms with E-state index in [1.165, 1.54) is 25.8 Å². The van der Waals surface area contributed by atoms with Crippen LogP contribution in [0.3, 0.4) is 0 Å². The number of hydrogen-bond donors (Lipinski definition) is 0. The van der Waals surface area contributed by atoms with Gasteiger partial charge in [-0.15, -0.1) is 0 Å². The van der Waals surface area contributed by atoms with Crippen LogP contribution in [-0.2, 0) is 7.05 Å². The molecule has 1 saturated carbocycles. The molecular weight excluding hydrogens is 288 g/mol. The molecule has 1 aromatic heterocycles. The monoisotopic (exact) mass is 316 g/mol. The van der Waals surface area contributed by atoms with Crippen LogP contribution in [0.25, 0.3) is 0 Å². The molecular formula is C17H28N6. The number of hydrogen-bond acceptors (Lipinski definition) is 5. The molecule has 1 saturated heterocycles. The molecule has 0 radical (unpaired) electrons. The van der Waals surface area contributed by atoms with E-state index in [2.05, 4.69) is 40.0 Å². The van der Waals surface area contributed by atoms with Crippen molar-refractivity contribution in [2.45, 2.75) is 25.3 Å². The van der Waals surface area contributed by atoms with Gasteiger partial charge in [-0.1, -0.05) is 0 Å². The number of aliphatic imine (C=N–C) groups is 1. The van der Waals surface area contributed by atoms with Crippen molar-refractivity contribution in [3.63, 3.8) is 0 Å². The Balaban J connectivity index is 1.47. The fraction of sp³-hybridized carbons (Fsp3) is 0.765. The fourth-order valence-corrected chi connectivity index (χ4v) is 4.51. The lowest BCUT2D eigenvalue weighted by atomic mass is 9.79. The molecule has 4 rings (SSSR count). The first kappa shape index (κ1) is 15.0. The molecule has 6 nitrogen and oxygen atoms in total. The van der Waals surface area contributed by atoms with Crippen molar-refractivity contribution in [3.05, 3.63) is 12.3 Å². The zero-order valence-corrected chi connectivity index (χ0v) is 14.5. The van der Waals surface area contributed by atoms with E-state index < -0.39 is 0 Å². The summed E-state index contributed by atoms with van der Waals surface area (Å²) in [6.07, 6.45) is 6.06. The highest BCUT2D eigenvalue weighted by Crippen LogP contribution is 2.38. The van der Waals surface area contributed by atoms with Crippen LogP contribution in [0.15, 0.2) is 17.3 Å². The van der Waals surface area contributed by atoms with Gasteiger partial charge in [0.15, 0.2) is 5.82 Å². The van der Waals surface area contributed by atoms with E-state index in [1.54, 1.807) is 0 Å². The minimum absolute atomic E-state index is 0.758. The summed E-state index contributed by atoms with van der Waals surface area (Å²) in [6.45, 7) is 4.18. The second-order valence-corrected chi connectivity index (χ2v) is 7.54. The zero-order valence-electron chi connectivity index (χ0n) is 14.5. The van der Waals surface area contributed by atoms with Gasteiger partial charge in [0, 0.05) is 45.0 Å². The molecule has 0 bridgehead atoms. The Bertz CT molecular complexity index is 592. The molecule has 23 heavy (non-hydrogen) atoms. The number of aryl methyl sites for hydroxylation is 1. The fourth-order valence-electron chi connectivity index (χ4n) is 4.51. The van der Waals surface area contributed by atoms with E-state index >= 15 is 0 Å². The molecule has 0 N–H and O–H groups in total. The van der Waals surface area contributed by atoms with Crippen molar-refractivity contribution in [1.29, 1.82) is 0 Å². The summed E-state index contributed by atoms with van der Waals surface area (Å²) in [5, 5.41) is 4.57. The summed E-state index contributed by atoms with van der Waals surface area (Å²) >= 11 is 0. The Morgan fingerprint density at radius 3 is 2.74 bits per heavy atom. The molecule has 0 aromatic carbocycles. The van der Waals surface area contributed by atoms with Crippen LogP contribution >= 0.6 is 0 Å².